The molecule has 0 saturated heterocycles. The van der Waals surface area contributed by atoms with Gasteiger partial charge in [0.2, 0.25) is 5.91 Å². The predicted octanol–water partition coefficient (Wildman–Crippen LogP) is 5.45. The molecular formula is C27H31F4N3O2. The van der Waals surface area contributed by atoms with Crippen molar-refractivity contribution in [2.75, 3.05) is 0 Å². The lowest BCUT2D eigenvalue weighted by Crippen LogP contribution is -2.53. The highest BCUT2D eigenvalue weighted by atomic mass is 19.4. The van der Waals surface area contributed by atoms with Crippen LogP contribution in [0.1, 0.15) is 64.1 Å². The van der Waals surface area contributed by atoms with Crippen molar-refractivity contribution in [3.63, 3.8) is 0 Å². The van der Waals surface area contributed by atoms with Crippen molar-refractivity contribution >= 4 is 5.91 Å². The summed E-state index contributed by atoms with van der Waals surface area (Å²) in [5.41, 5.74) is -2.43. The van der Waals surface area contributed by atoms with E-state index in [0.29, 0.717) is 29.5 Å². The summed E-state index contributed by atoms with van der Waals surface area (Å²) in [5, 5.41) is 24.5. The zero-order chi connectivity index (χ0) is 26.9. The van der Waals surface area contributed by atoms with Gasteiger partial charge in [-0.15, -0.1) is 0 Å². The second kappa shape index (κ2) is 9.83. The van der Waals surface area contributed by atoms with Gasteiger partial charge in [0.05, 0.1) is 17.7 Å². The van der Waals surface area contributed by atoms with Crippen molar-refractivity contribution in [3.8, 4) is 17.2 Å². The van der Waals surface area contributed by atoms with Crippen LogP contribution in [0.3, 0.4) is 0 Å². The van der Waals surface area contributed by atoms with E-state index in [1.54, 1.807) is 38.1 Å². The van der Waals surface area contributed by atoms with Crippen LogP contribution in [0.2, 0.25) is 0 Å². The number of halogens is 4. The molecule has 3 N–H and O–H groups in total. The van der Waals surface area contributed by atoms with Gasteiger partial charge in [-0.05, 0) is 62.8 Å². The van der Waals surface area contributed by atoms with Crippen LogP contribution in [0.25, 0.3) is 11.1 Å². The zero-order valence-electron chi connectivity index (χ0n) is 20.7. The maximum absolute atomic E-state index is 14.5. The molecule has 0 radical (unpaired) electrons. The Morgan fingerprint density at radius 2 is 1.64 bits per heavy atom. The first-order valence-corrected chi connectivity index (χ1v) is 11.7. The monoisotopic (exact) mass is 505 g/mol. The van der Waals surface area contributed by atoms with Crippen molar-refractivity contribution in [2.45, 2.75) is 82.0 Å². The topological polar surface area (TPSA) is 85.2 Å². The van der Waals surface area contributed by atoms with Crippen LogP contribution < -0.4 is 10.6 Å². The Hall–Kier alpha value is -2.96. The third-order valence-corrected chi connectivity index (χ3v) is 6.17. The minimum Gasteiger partial charge on any atom is -0.386 e. The molecule has 3 rings (SSSR count). The summed E-state index contributed by atoms with van der Waals surface area (Å²) in [7, 11) is 0. The summed E-state index contributed by atoms with van der Waals surface area (Å²) in [4.78, 5) is 12.8. The van der Waals surface area contributed by atoms with Crippen LogP contribution in [-0.4, -0.2) is 34.4 Å². The summed E-state index contributed by atoms with van der Waals surface area (Å²) in [5.74, 6) is -0.843. The molecule has 2 atom stereocenters. The van der Waals surface area contributed by atoms with Gasteiger partial charge >= 0.3 is 6.18 Å². The molecule has 0 aromatic heterocycles. The Labute approximate surface area is 208 Å². The maximum atomic E-state index is 14.5. The predicted molar refractivity (Wildman–Crippen MR) is 128 cm³/mol. The minimum atomic E-state index is -4.78. The number of benzene rings is 2. The average molecular weight is 506 g/mol. The first-order valence-electron chi connectivity index (χ1n) is 11.7. The molecule has 2 aromatic rings. The second-order valence-corrected chi connectivity index (χ2v) is 10.5. The van der Waals surface area contributed by atoms with Gasteiger partial charge in [0, 0.05) is 6.42 Å². The first kappa shape index (κ1) is 27.6. The van der Waals surface area contributed by atoms with Gasteiger partial charge < -0.3 is 10.4 Å². The smallest absolute Gasteiger partial charge is 0.386 e. The first-order chi connectivity index (χ1) is 16.5. The Bertz CT molecular complexity index is 1120. The molecule has 1 aliphatic carbocycles. The second-order valence-electron chi connectivity index (χ2n) is 10.5. The van der Waals surface area contributed by atoms with Gasteiger partial charge in [-0.25, -0.2) is 4.39 Å². The number of carbonyl (C=O) groups excluding carboxylic acids is 1. The lowest BCUT2D eigenvalue weighted by molar-refractivity contribution is -0.161. The summed E-state index contributed by atoms with van der Waals surface area (Å²) < 4.78 is 56.9. The fraction of sp³-hybridized carbons (Fsp3) is 0.481. The Balaban J connectivity index is 1.92. The Kier molecular flexibility index (Phi) is 7.54. The van der Waals surface area contributed by atoms with Gasteiger partial charge in [0.25, 0.3) is 0 Å². The SMILES string of the molecule is CC(C)(F)C[C@H](N[C@@H](c1ccc(-c2ccccc2C(C)(C)O)cc1)C(F)(F)F)C(=O)NC1(C#N)CC1. The Morgan fingerprint density at radius 1 is 1.06 bits per heavy atom. The number of nitrogens with zero attached hydrogens (tertiary/aromatic N) is 1. The average Bonchev–Trinajstić information content (AvgIpc) is 3.54. The molecule has 2 aromatic carbocycles. The van der Waals surface area contributed by atoms with Crippen LogP contribution in [0, 0.1) is 11.3 Å². The third kappa shape index (κ3) is 6.83. The molecule has 194 valence electrons. The summed E-state index contributed by atoms with van der Waals surface area (Å²) >= 11 is 0. The van der Waals surface area contributed by atoms with E-state index in [4.69, 9.17) is 0 Å². The number of nitrogens with one attached hydrogen (secondary N) is 2. The molecule has 5 nitrogen and oxygen atoms in total. The fourth-order valence-corrected chi connectivity index (χ4v) is 4.13. The summed E-state index contributed by atoms with van der Waals surface area (Å²) in [6.07, 6.45) is -4.49. The number of amides is 1. The van der Waals surface area contributed by atoms with E-state index in [2.05, 4.69) is 10.6 Å². The molecule has 1 aliphatic rings. The van der Waals surface area contributed by atoms with Crippen LogP contribution >= 0.6 is 0 Å². The van der Waals surface area contributed by atoms with Crippen molar-refractivity contribution in [2.24, 2.45) is 0 Å². The standard InChI is InChI=1S/C27H31F4N3O2/c1-24(2,28)15-21(23(35)34-26(16-32)13-14-26)33-22(27(29,30)31)18-11-9-17(10-12-18)19-7-5-6-8-20(19)25(3,4)36/h5-12,21-22,33,36H,13-15H2,1-4H3,(H,34,35)/t21-,22-/m0/s1. The number of rotatable bonds is 9. The molecule has 1 amide bonds. The molecule has 36 heavy (non-hydrogen) atoms. The van der Waals surface area contributed by atoms with E-state index < -0.39 is 47.4 Å². The normalized spacial score (nSPS) is 17.1. The van der Waals surface area contributed by atoms with Gasteiger partial charge in [-0.1, -0.05) is 48.5 Å². The largest absolute Gasteiger partial charge is 0.407 e. The molecule has 1 fully saturated rings. The fourth-order valence-electron chi connectivity index (χ4n) is 4.13. The van der Waals surface area contributed by atoms with Crippen molar-refractivity contribution in [1.29, 1.82) is 5.26 Å². The number of carbonyl (C=O) groups is 1. The van der Waals surface area contributed by atoms with E-state index in [1.165, 1.54) is 38.1 Å². The van der Waals surface area contributed by atoms with Gasteiger partial charge in [-0.3, -0.25) is 10.1 Å². The highest BCUT2D eigenvalue weighted by Gasteiger charge is 2.48. The molecule has 1 saturated carbocycles. The van der Waals surface area contributed by atoms with E-state index >= 15 is 0 Å². The minimum absolute atomic E-state index is 0.150. The van der Waals surface area contributed by atoms with E-state index in [1.807, 2.05) is 6.07 Å². The quantitative estimate of drug-likeness (QED) is 0.396. The third-order valence-electron chi connectivity index (χ3n) is 6.17. The lowest BCUT2D eigenvalue weighted by atomic mass is 9.89. The number of hydrogen-bond donors (Lipinski definition) is 3. The summed E-state index contributed by atoms with van der Waals surface area (Å²) in [6, 6.07) is 10.9. The van der Waals surface area contributed by atoms with Gasteiger partial charge in [0.1, 0.15) is 17.2 Å². The number of hydrogen-bond acceptors (Lipinski definition) is 4. The summed E-state index contributed by atoms with van der Waals surface area (Å²) in [6.45, 7) is 5.62. The lowest BCUT2D eigenvalue weighted by Gasteiger charge is -2.30. The molecule has 0 aliphatic heterocycles. The van der Waals surface area contributed by atoms with Crippen molar-refractivity contribution in [1.82, 2.24) is 10.6 Å². The molecule has 0 heterocycles. The van der Waals surface area contributed by atoms with E-state index in [9.17, 15) is 32.7 Å². The van der Waals surface area contributed by atoms with Gasteiger partial charge in [0.15, 0.2) is 0 Å². The zero-order valence-corrected chi connectivity index (χ0v) is 20.7. The highest BCUT2D eigenvalue weighted by molar-refractivity contribution is 5.83. The highest BCUT2D eigenvalue weighted by Crippen LogP contribution is 2.38. The van der Waals surface area contributed by atoms with Crippen LogP contribution in [0.4, 0.5) is 17.6 Å². The number of nitriles is 1. The van der Waals surface area contributed by atoms with E-state index in [0.717, 1.165) is 0 Å². The van der Waals surface area contributed by atoms with Gasteiger partial charge in [-0.2, -0.15) is 18.4 Å². The van der Waals surface area contributed by atoms with Crippen LogP contribution in [0.5, 0.6) is 0 Å². The van der Waals surface area contributed by atoms with Crippen molar-refractivity contribution < 1.29 is 27.5 Å². The Morgan fingerprint density at radius 3 is 2.11 bits per heavy atom. The number of aliphatic hydroxyl groups is 1. The maximum Gasteiger partial charge on any atom is 0.407 e. The molecule has 9 heteroatoms. The molecular weight excluding hydrogens is 474 g/mol. The van der Waals surface area contributed by atoms with Crippen LogP contribution in [0.15, 0.2) is 48.5 Å². The van der Waals surface area contributed by atoms with Crippen LogP contribution in [-0.2, 0) is 10.4 Å². The molecule has 0 spiro atoms. The van der Waals surface area contributed by atoms with Crippen molar-refractivity contribution in [3.05, 3.63) is 59.7 Å². The number of alkyl halides is 4. The molecule has 0 unspecified atom stereocenters. The van der Waals surface area contributed by atoms with E-state index in [-0.39, 0.29) is 5.56 Å². The molecule has 0 bridgehead atoms.